The van der Waals surface area contributed by atoms with Crippen LogP contribution in [0.2, 0.25) is 0 Å². The highest BCUT2D eigenvalue weighted by molar-refractivity contribution is 6.50. The fourth-order valence-corrected chi connectivity index (χ4v) is 3.33. The van der Waals surface area contributed by atoms with E-state index in [-0.39, 0.29) is 0 Å². The van der Waals surface area contributed by atoms with Gasteiger partial charge in [-0.15, -0.1) is 0 Å². The Morgan fingerprint density at radius 2 is 1.05 bits per heavy atom. The molecule has 0 nitrogen and oxygen atoms in total. The summed E-state index contributed by atoms with van der Waals surface area (Å²) in [6, 6.07) is 12.3. The smallest absolute Gasteiger partial charge is 0.0909 e. The van der Waals surface area contributed by atoms with Crippen LogP contribution in [0.15, 0.2) is 36.4 Å². The van der Waals surface area contributed by atoms with Crippen molar-refractivity contribution in [2.24, 2.45) is 0 Å². The molecule has 0 aliphatic heterocycles. The topological polar surface area (TPSA) is 0 Å². The maximum atomic E-state index is 6.67. The normalized spacial score (nSPS) is 11.7. The Labute approximate surface area is 125 Å². The summed E-state index contributed by atoms with van der Waals surface area (Å²) < 4.78 is -1.00. The molecule has 0 spiro atoms. The van der Waals surface area contributed by atoms with Crippen molar-refractivity contribution < 1.29 is 0 Å². The number of halogens is 2. The van der Waals surface area contributed by atoms with E-state index in [0.717, 1.165) is 22.3 Å². The zero-order valence-corrected chi connectivity index (χ0v) is 13.2. The summed E-state index contributed by atoms with van der Waals surface area (Å²) in [6.45, 7) is 8.23. The number of alkyl halides is 2. The molecular formula is C17H18Cl2. The first-order valence-corrected chi connectivity index (χ1v) is 7.11. The molecule has 0 fully saturated rings. The molecule has 0 heterocycles. The van der Waals surface area contributed by atoms with Crippen molar-refractivity contribution in [3.8, 4) is 0 Å². The van der Waals surface area contributed by atoms with Gasteiger partial charge >= 0.3 is 0 Å². The summed E-state index contributed by atoms with van der Waals surface area (Å²) >= 11 is 13.3. The molecule has 19 heavy (non-hydrogen) atoms. The van der Waals surface area contributed by atoms with Gasteiger partial charge in [0.2, 0.25) is 0 Å². The molecular weight excluding hydrogens is 275 g/mol. The van der Waals surface area contributed by atoms with E-state index in [4.69, 9.17) is 23.2 Å². The van der Waals surface area contributed by atoms with Crippen LogP contribution in [-0.2, 0) is 4.33 Å². The summed E-state index contributed by atoms with van der Waals surface area (Å²) in [5.74, 6) is 0. The SMILES string of the molecule is Cc1ccc(C(Cl)(Cl)c2ccc(C)cc2C)c(C)c1. The van der Waals surface area contributed by atoms with Crippen molar-refractivity contribution in [3.05, 3.63) is 69.8 Å². The van der Waals surface area contributed by atoms with Gasteiger partial charge in [0.15, 0.2) is 4.33 Å². The third-order valence-electron chi connectivity index (χ3n) is 3.44. The number of hydrogen-bond donors (Lipinski definition) is 0. The minimum atomic E-state index is -1.00. The standard InChI is InChI=1S/C17H18Cl2/c1-11-5-7-15(13(3)9-11)17(18,19)16-8-6-12(2)10-14(16)4/h5-10H,1-4H3. The van der Waals surface area contributed by atoms with Gasteiger partial charge in [-0.25, -0.2) is 0 Å². The quantitative estimate of drug-likeness (QED) is 0.632. The molecule has 2 aromatic rings. The average molecular weight is 293 g/mol. The molecule has 100 valence electrons. The van der Waals surface area contributed by atoms with Gasteiger partial charge in [0.05, 0.1) is 0 Å². The third kappa shape index (κ3) is 2.80. The molecule has 0 N–H and O–H groups in total. The second-order valence-electron chi connectivity index (χ2n) is 5.21. The first kappa shape index (κ1) is 14.4. The summed E-state index contributed by atoms with van der Waals surface area (Å²) in [5.41, 5.74) is 6.56. The highest BCUT2D eigenvalue weighted by Crippen LogP contribution is 2.43. The van der Waals surface area contributed by atoms with Crippen molar-refractivity contribution in [2.75, 3.05) is 0 Å². The van der Waals surface area contributed by atoms with E-state index in [1.165, 1.54) is 11.1 Å². The van der Waals surface area contributed by atoms with Crippen LogP contribution in [0.1, 0.15) is 33.4 Å². The molecule has 0 amide bonds. The number of benzene rings is 2. The molecule has 0 unspecified atom stereocenters. The molecule has 0 aliphatic rings. The number of rotatable bonds is 2. The number of hydrogen-bond acceptors (Lipinski definition) is 0. The summed E-state index contributed by atoms with van der Waals surface area (Å²) in [6.07, 6.45) is 0. The predicted octanol–water partition coefficient (Wildman–Crippen LogP) is 5.60. The van der Waals surface area contributed by atoms with Crippen molar-refractivity contribution in [2.45, 2.75) is 32.0 Å². The minimum absolute atomic E-state index is 0.952. The van der Waals surface area contributed by atoms with Crippen molar-refractivity contribution in [1.82, 2.24) is 0 Å². The maximum Gasteiger partial charge on any atom is 0.168 e. The van der Waals surface area contributed by atoms with E-state index in [9.17, 15) is 0 Å². The summed E-state index contributed by atoms with van der Waals surface area (Å²) in [7, 11) is 0. The Kier molecular flexibility index (Phi) is 3.94. The molecule has 0 saturated carbocycles. The molecule has 0 atom stereocenters. The van der Waals surface area contributed by atoms with Gasteiger partial charge in [0.25, 0.3) is 0 Å². The molecule has 2 aromatic carbocycles. The van der Waals surface area contributed by atoms with E-state index in [0.29, 0.717) is 0 Å². The van der Waals surface area contributed by atoms with Crippen LogP contribution in [-0.4, -0.2) is 0 Å². The molecule has 2 rings (SSSR count). The average Bonchev–Trinajstić information content (AvgIpc) is 2.27. The van der Waals surface area contributed by atoms with Gasteiger partial charge in [-0.05, 0) is 49.9 Å². The Morgan fingerprint density at radius 1 is 0.684 bits per heavy atom. The van der Waals surface area contributed by atoms with Gasteiger partial charge in [-0.3, -0.25) is 0 Å². The minimum Gasteiger partial charge on any atom is -0.0909 e. The van der Waals surface area contributed by atoms with E-state index in [1.807, 2.05) is 38.1 Å². The maximum absolute atomic E-state index is 6.67. The molecule has 0 aliphatic carbocycles. The predicted molar refractivity (Wildman–Crippen MR) is 84.3 cm³/mol. The molecule has 0 bridgehead atoms. The highest BCUT2D eigenvalue weighted by atomic mass is 35.5. The van der Waals surface area contributed by atoms with Crippen LogP contribution in [0.4, 0.5) is 0 Å². The zero-order valence-electron chi connectivity index (χ0n) is 11.7. The van der Waals surface area contributed by atoms with Crippen molar-refractivity contribution >= 4 is 23.2 Å². The van der Waals surface area contributed by atoms with Crippen LogP contribution in [0, 0.1) is 27.7 Å². The zero-order chi connectivity index (χ0) is 14.2. The Bertz CT molecular complexity index is 559. The number of aryl methyl sites for hydroxylation is 4. The summed E-state index contributed by atoms with van der Waals surface area (Å²) in [5, 5.41) is 0. The monoisotopic (exact) mass is 292 g/mol. The van der Waals surface area contributed by atoms with Crippen LogP contribution in [0.3, 0.4) is 0 Å². The lowest BCUT2D eigenvalue weighted by molar-refractivity contribution is 0.995. The van der Waals surface area contributed by atoms with E-state index >= 15 is 0 Å². The lowest BCUT2D eigenvalue weighted by atomic mass is 9.94. The second-order valence-corrected chi connectivity index (χ2v) is 6.54. The van der Waals surface area contributed by atoms with E-state index in [2.05, 4.69) is 26.0 Å². The van der Waals surface area contributed by atoms with Crippen LogP contribution >= 0.6 is 23.2 Å². The Hall–Kier alpha value is -0.980. The lowest BCUT2D eigenvalue weighted by Crippen LogP contribution is -2.15. The van der Waals surface area contributed by atoms with E-state index in [1.54, 1.807) is 0 Å². The highest BCUT2D eigenvalue weighted by Gasteiger charge is 2.31. The lowest BCUT2D eigenvalue weighted by Gasteiger charge is -2.25. The molecule has 0 aromatic heterocycles. The van der Waals surface area contributed by atoms with Gasteiger partial charge in [0.1, 0.15) is 0 Å². The van der Waals surface area contributed by atoms with Gasteiger partial charge < -0.3 is 0 Å². The Morgan fingerprint density at radius 3 is 1.37 bits per heavy atom. The second kappa shape index (κ2) is 5.19. The first-order chi connectivity index (χ1) is 8.82. The molecule has 0 saturated heterocycles. The van der Waals surface area contributed by atoms with Crippen LogP contribution in [0.25, 0.3) is 0 Å². The van der Waals surface area contributed by atoms with Gasteiger partial charge in [0, 0.05) is 0 Å². The summed E-state index contributed by atoms with van der Waals surface area (Å²) in [4.78, 5) is 0. The van der Waals surface area contributed by atoms with Crippen molar-refractivity contribution in [1.29, 1.82) is 0 Å². The first-order valence-electron chi connectivity index (χ1n) is 6.35. The fraction of sp³-hybridized carbons (Fsp3) is 0.294. The third-order valence-corrected chi connectivity index (χ3v) is 4.25. The Balaban J connectivity index is 2.58. The van der Waals surface area contributed by atoms with Gasteiger partial charge in [-0.1, -0.05) is 70.7 Å². The molecule has 0 radical (unpaired) electrons. The van der Waals surface area contributed by atoms with Crippen LogP contribution < -0.4 is 0 Å². The molecule has 2 heteroatoms. The van der Waals surface area contributed by atoms with E-state index < -0.39 is 4.33 Å². The van der Waals surface area contributed by atoms with Crippen molar-refractivity contribution in [3.63, 3.8) is 0 Å². The fourth-order valence-electron chi connectivity index (χ4n) is 2.48. The van der Waals surface area contributed by atoms with Gasteiger partial charge in [-0.2, -0.15) is 0 Å². The van der Waals surface area contributed by atoms with Crippen LogP contribution in [0.5, 0.6) is 0 Å². The largest absolute Gasteiger partial charge is 0.168 e.